The third kappa shape index (κ3) is 47.4. The second-order valence-electron chi connectivity index (χ2n) is 3.91. The zero-order valence-electron chi connectivity index (χ0n) is 17.4. The minimum Gasteiger partial charge on any atom is -0.549 e. The minimum absolute atomic E-state index is 0. The van der Waals surface area contributed by atoms with Gasteiger partial charge in [0, 0.05) is 39.3 Å². The summed E-state index contributed by atoms with van der Waals surface area (Å²) in [5.74, 6) is -6.12. The van der Waals surface area contributed by atoms with Crippen molar-refractivity contribution in [3.8, 4) is 0 Å². The van der Waals surface area contributed by atoms with Crippen molar-refractivity contribution in [2.75, 3.05) is 39.3 Å². The first-order valence-electron chi connectivity index (χ1n) is 5.44. The fourth-order valence-corrected chi connectivity index (χ4v) is 1.44. The maximum absolute atomic E-state index is 10.4. The summed E-state index contributed by atoms with van der Waals surface area (Å²) in [6.45, 7) is -3.25. The molecule has 0 atom stereocenters. The number of aliphatic carboxylic acids is 4. The van der Waals surface area contributed by atoms with Crippen LogP contribution in [0.1, 0.15) is 0 Å². The van der Waals surface area contributed by atoms with Gasteiger partial charge in [-0.05, 0) is 0 Å². The van der Waals surface area contributed by atoms with Crippen molar-refractivity contribution >= 4 is 23.9 Å². The Labute approximate surface area is 260 Å². The quantitative estimate of drug-likeness (QED) is 0.247. The average Bonchev–Trinajstić information content (AvgIpc) is 2.22. The summed E-state index contributed by atoms with van der Waals surface area (Å²) in [5.41, 5.74) is 0. The summed E-state index contributed by atoms with van der Waals surface area (Å²) in [7, 11) is 0. The first-order valence-corrected chi connectivity index (χ1v) is 5.44. The standard InChI is InChI=1S/C10H16N2O8.4Na.6H2O/c13-7(14)3-11(4-8(15)16)1-2-12(5-9(17)18)6-10(19)20;;;;;;;;;;/h1-6H2,(H,13,14)(H,15,16)(H,17,18)(H,19,20);;;;;6*1H2/q;4*+1;;;;;;/p-4. The van der Waals surface area contributed by atoms with E-state index < -0.39 is 50.1 Å². The molecule has 0 aromatic rings. The van der Waals surface area contributed by atoms with E-state index in [9.17, 15) is 39.6 Å². The van der Waals surface area contributed by atoms with E-state index in [2.05, 4.69) is 0 Å². The maximum atomic E-state index is 10.4. The van der Waals surface area contributed by atoms with Crippen molar-refractivity contribution in [2.45, 2.75) is 0 Å². The Kier molecular flexibility index (Phi) is 95.0. The first-order chi connectivity index (χ1) is 9.20. The normalized spacial score (nSPS) is 7.13. The van der Waals surface area contributed by atoms with Crippen LogP contribution in [0, 0.1) is 0 Å². The van der Waals surface area contributed by atoms with E-state index in [0.29, 0.717) is 0 Å². The molecule has 0 amide bonds. The molecule has 0 aromatic carbocycles. The molecule has 0 aliphatic rings. The molecule has 0 saturated carbocycles. The molecule has 0 saturated heterocycles. The van der Waals surface area contributed by atoms with E-state index in [1.54, 1.807) is 0 Å². The molecule has 0 bridgehead atoms. The van der Waals surface area contributed by atoms with Crippen molar-refractivity contribution in [3.63, 3.8) is 0 Å². The van der Waals surface area contributed by atoms with Gasteiger partial charge in [-0.2, -0.15) is 0 Å². The Morgan fingerprint density at radius 1 is 0.433 bits per heavy atom. The van der Waals surface area contributed by atoms with E-state index in [4.69, 9.17) is 0 Å². The number of carboxylic acid groups (broad SMARTS) is 4. The fourth-order valence-electron chi connectivity index (χ4n) is 1.44. The summed E-state index contributed by atoms with van der Waals surface area (Å²) < 4.78 is 0. The van der Waals surface area contributed by atoms with Gasteiger partial charge in [-0.3, -0.25) is 9.80 Å². The Morgan fingerprint density at radius 3 is 0.667 bits per heavy atom. The average molecular weight is 488 g/mol. The largest absolute Gasteiger partial charge is 1.00 e. The van der Waals surface area contributed by atoms with Crippen LogP contribution in [0.25, 0.3) is 0 Å². The molecule has 20 heteroatoms. The van der Waals surface area contributed by atoms with Crippen molar-refractivity contribution < 1.29 is 191 Å². The van der Waals surface area contributed by atoms with Gasteiger partial charge in [0.2, 0.25) is 0 Å². The second kappa shape index (κ2) is 40.9. The van der Waals surface area contributed by atoms with Crippen molar-refractivity contribution in [2.24, 2.45) is 0 Å². The van der Waals surface area contributed by atoms with E-state index in [0.717, 1.165) is 9.80 Å². The van der Waals surface area contributed by atoms with Gasteiger partial charge in [0.15, 0.2) is 0 Å². The zero-order valence-corrected chi connectivity index (χ0v) is 25.4. The molecule has 162 valence electrons. The zero-order chi connectivity index (χ0) is 15.7. The molecule has 0 heterocycles. The van der Waals surface area contributed by atoms with Gasteiger partial charge >= 0.3 is 118 Å². The van der Waals surface area contributed by atoms with Crippen LogP contribution in [0.5, 0.6) is 0 Å². The Balaban J connectivity index is -0.0000000401. The second-order valence-corrected chi connectivity index (χ2v) is 3.91. The van der Waals surface area contributed by atoms with Gasteiger partial charge in [0.1, 0.15) is 0 Å². The molecular weight excluding hydrogens is 464 g/mol. The number of hydrogen-bond acceptors (Lipinski definition) is 10. The fraction of sp³-hybridized carbons (Fsp3) is 0.600. The van der Waals surface area contributed by atoms with Crippen LogP contribution in [0.2, 0.25) is 0 Å². The van der Waals surface area contributed by atoms with Gasteiger partial charge in [-0.25, -0.2) is 0 Å². The third-order valence-corrected chi connectivity index (χ3v) is 2.14. The monoisotopic (exact) mass is 488 g/mol. The Bertz CT molecular complexity index is 339. The first kappa shape index (κ1) is 69.7. The summed E-state index contributed by atoms with van der Waals surface area (Å²) in [6, 6.07) is 0. The van der Waals surface area contributed by atoms with E-state index in [1.807, 2.05) is 0 Å². The van der Waals surface area contributed by atoms with Gasteiger partial charge in [-0.15, -0.1) is 0 Å². The van der Waals surface area contributed by atoms with Crippen molar-refractivity contribution in [1.29, 1.82) is 0 Å². The molecule has 0 unspecified atom stereocenters. The van der Waals surface area contributed by atoms with E-state index >= 15 is 0 Å². The number of hydrogen-bond donors (Lipinski definition) is 0. The molecule has 0 rings (SSSR count). The minimum atomic E-state index is -1.53. The third-order valence-electron chi connectivity index (χ3n) is 2.14. The van der Waals surface area contributed by atoms with Crippen LogP contribution in [0.4, 0.5) is 0 Å². The summed E-state index contributed by atoms with van der Waals surface area (Å²) >= 11 is 0. The summed E-state index contributed by atoms with van der Waals surface area (Å²) in [4.78, 5) is 43.4. The van der Waals surface area contributed by atoms with E-state index in [1.165, 1.54) is 0 Å². The number of carbonyl (C=O) groups is 4. The molecule has 0 spiro atoms. The molecule has 0 aliphatic heterocycles. The number of nitrogens with zero attached hydrogens (tertiary/aromatic N) is 2. The molecule has 0 aromatic heterocycles. The van der Waals surface area contributed by atoms with Crippen LogP contribution in [-0.4, -0.2) is 106 Å². The maximum Gasteiger partial charge on any atom is 1.00 e. The molecule has 0 fully saturated rings. The van der Waals surface area contributed by atoms with Crippen LogP contribution in [0.15, 0.2) is 0 Å². The van der Waals surface area contributed by atoms with E-state index in [-0.39, 0.29) is 164 Å². The van der Waals surface area contributed by atoms with Crippen molar-refractivity contribution in [1.82, 2.24) is 9.80 Å². The number of carboxylic acids is 4. The molecule has 0 radical (unpaired) electrons. The van der Waals surface area contributed by atoms with Crippen LogP contribution in [0.3, 0.4) is 0 Å². The summed E-state index contributed by atoms with van der Waals surface area (Å²) in [5, 5.41) is 41.6. The van der Waals surface area contributed by atoms with Crippen LogP contribution < -0.4 is 139 Å². The summed E-state index contributed by atoms with van der Waals surface area (Å²) in [6.07, 6.45) is 0. The SMILES string of the molecule is O.O.O.O.O.O.O=C([O-])CN(CCN(CC(=O)[O-])CC(=O)[O-])CC(=O)[O-].[Na+].[Na+].[Na+].[Na+]. The molecule has 30 heavy (non-hydrogen) atoms. The van der Waals surface area contributed by atoms with Crippen LogP contribution >= 0.6 is 0 Å². The molecule has 12 N–H and O–H groups in total. The molecular formula is C10H24N2Na4O14. The van der Waals surface area contributed by atoms with Gasteiger partial charge in [0.05, 0.1) is 23.9 Å². The molecule has 0 aliphatic carbocycles. The Morgan fingerprint density at radius 2 is 0.567 bits per heavy atom. The predicted molar refractivity (Wildman–Crippen MR) is 74.6 cm³/mol. The topological polar surface area (TPSA) is 356 Å². The van der Waals surface area contributed by atoms with Gasteiger partial charge < -0.3 is 72.5 Å². The van der Waals surface area contributed by atoms with Gasteiger partial charge in [0.25, 0.3) is 0 Å². The predicted octanol–water partition coefficient (Wildman–Crippen LogP) is -24.3. The number of rotatable bonds is 11. The number of carbonyl (C=O) groups excluding carboxylic acids is 4. The van der Waals surface area contributed by atoms with Gasteiger partial charge in [-0.1, -0.05) is 0 Å². The van der Waals surface area contributed by atoms with Crippen molar-refractivity contribution in [3.05, 3.63) is 0 Å². The smallest absolute Gasteiger partial charge is 0.549 e. The molecule has 16 nitrogen and oxygen atoms in total. The Hall–Kier alpha value is 1.56. The van der Waals surface area contributed by atoms with Crippen LogP contribution in [-0.2, 0) is 19.2 Å².